The van der Waals surface area contributed by atoms with Crippen LogP contribution in [0, 0.1) is 39.9 Å². The Balaban J connectivity index is 1.69. The fraction of sp³-hybridized carbons (Fsp3) is 0.760. The van der Waals surface area contributed by atoms with Crippen LogP contribution in [0.2, 0.25) is 0 Å². The van der Waals surface area contributed by atoms with Gasteiger partial charge < -0.3 is 0 Å². The first-order valence-corrected chi connectivity index (χ1v) is 11.0. The van der Waals surface area contributed by atoms with E-state index in [1.54, 1.807) is 0 Å². The number of rotatable bonds is 2. The number of ketones is 2. The van der Waals surface area contributed by atoms with E-state index in [-0.39, 0.29) is 22.2 Å². The van der Waals surface area contributed by atoms with Crippen LogP contribution < -0.4 is 0 Å². The zero-order valence-corrected chi connectivity index (χ0v) is 18.0. The van der Waals surface area contributed by atoms with Crippen LogP contribution in [0.4, 0.5) is 0 Å². The zero-order valence-electron chi connectivity index (χ0n) is 18.0. The molecule has 4 aliphatic carbocycles. The summed E-state index contributed by atoms with van der Waals surface area (Å²) in [6.45, 7) is 13.5. The standard InChI is InChI=1S/C25H36O2/c1-7-23(3,4)13-16-14-25(6)17(12-20(16)26)8-9-18-19(25)10-11-24(5)21(18)15(2)22(24)27/h8,13,15,18-19,21H,7,9-12,14H2,1-6H3/b16-13+. The van der Waals surface area contributed by atoms with Crippen molar-refractivity contribution in [2.24, 2.45) is 39.9 Å². The maximum atomic E-state index is 12.9. The van der Waals surface area contributed by atoms with Crippen molar-refractivity contribution in [3.63, 3.8) is 0 Å². The van der Waals surface area contributed by atoms with E-state index in [1.807, 2.05) is 0 Å². The van der Waals surface area contributed by atoms with Crippen molar-refractivity contribution in [3.8, 4) is 0 Å². The zero-order chi connectivity index (χ0) is 19.8. The van der Waals surface area contributed by atoms with Crippen LogP contribution in [0.5, 0.6) is 0 Å². The number of hydrogen-bond acceptors (Lipinski definition) is 2. The van der Waals surface area contributed by atoms with E-state index in [0.717, 1.165) is 37.7 Å². The van der Waals surface area contributed by atoms with Crippen LogP contribution in [-0.4, -0.2) is 11.6 Å². The lowest BCUT2D eigenvalue weighted by molar-refractivity contribution is -0.174. The molecule has 0 aromatic rings. The lowest BCUT2D eigenvalue weighted by Gasteiger charge is -2.63. The minimum atomic E-state index is -0.0738. The Morgan fingerprint density at radius 3 is 2.59 bits per heavy atom. The molecule has 2 heteroatoms. The van der Waals surface area contributed by atoms with Crippen molar-refractivity contribution in [2.75, 3.05) is 0 Å². The van der Waals surface area contributed by atoms with Gasteiger partial charge in [0, 0.05) is 17.8 Å². The summed E-state index contributed by atoms with van der Waals surface area (Å²) in [5, 5.41) is 0. The third kappa shape index (κ3) is 2.58. The molecule has 0 amide bonds. The summed E-state index contributed by atoms with van der Waals surface area (Å²) in [6.07, 6.45) is 10.5. The molecule has 4 rings (SSSR count). The van der Waals surface area contributed by atoms with Gasteiger partial charge in [0.15, 0.2) is 5.78 Å². The third-order valence-electron chi connectivity index (χ3n) is 9.14. The van der Waals surface area contributed by atoms with Crippen LogP contribution in [0.3, 0.4) is 0 Å². The molecule has 0 saturated heterocycles. The Morgan fingerprint density at radius 2 is 1.93 bits per heavy atom. The van der Waals surface area contributed by atoms with Gasteiger partial charge in [0.2, 0.25) is 0 Å². The van der Waals surface area contributed by atoms with Gasteiger partial charge in [-0.1, -0.05) is 59.3 Å². The molecule has 0 N–H and O–H groups in total. The largest absolute Gasteiger partial charge is 0.299 e. The molecule has 0 radical (unpaired) electrons. The van der Waals surface area contributed by atoms with Crippen molar-refractivity contribution in [3.05, 3.63) is 23.3 Å². The highest BCUT2D eigenvalue weighted by molar-refractivity contribution is 5.99. The Morgan fingerprint density at radius 1 is 1.22 bits per heavy atom. The summed E-state index contributed by atoms with van der Waals surface area (Å²) < 4.78 is 0. The van der Waals surface area contributed by atoms with Crippen LogP contribution in [0.25, 0.3) is 0 Å². The van der Waals surface area contributed by atoms with Crippen LogP contribution in [-0.2, 0) is 9.59 Å². The molecule has 6 unspecified atom stereocenters. The molecule has 148 valence electrons. The van der Waals surface area contributed by atoms with Gasteiger partial charge in [0.1, 0.15) is 5.78 Å². The first-order chi connectivity index (χ1) is 12.5. The summed E-state index contributed by atoms with van der Waals surface area (Å²) in [4.78, 5) is 25.4. The molecule has 0 aromatic heterocycles. The summed E-state index contributed by atoms with van der Waals surface area (Å²) in [5.74, 6) is 2.82. The topological polar surface area (TPSA) is 34.1 Å². The highest BCUT2D eigenvalue weighted by Gasteiger charge is 2.65. The monoisotopic (exact) mass is 368 g/mol. The minimum Gasteiger partial charge on any atom is -0.299 e. The molecule has 0 aliphatic heterocycles. The van der Waals surface area contributed by atoms with E-state index >= 15 is 0 Å². The third-order valence-corrected chi connectivity index (χ3v) is 9.14. The van der Waals surface area contributed by atoms with E-state index < -0.39 is 0 Å². The van der Waals surface area contributed by atoms with Crippen LogP contribution in [0.1, 0.15) is 80.1 Å². The number of Topliss-reactive ketones (excluding diaryl/α,β-unsaturated/α-hetero) is 2. The average molecular weight is 369 g/mol. The first-order valence-electron chi connectivity index (χ1n) is 11.0. The fourth-order valence-electron chi connectivity index (χ4n) is 7.21. The van der Waals surface area contributed by atoms with Gasteiger partial charge in [0.05, 0.1) is 0 Å². The van der Waals surface area contributed by atoms with Gasteiger partial charge in [-0.2, -0.15) is 0 Å². The van der Waals surface area contributed by atoms with Gasteiger partial charge >= 0.3 is 0 Å². The molecule has 6 atom stereocenters. The highest BCUT2D eigenvalue weighted by atomic mass is 16.1. The average Bonchev–Trinajstić information content (AvgIpc) is 2.61. The second-order valence-corrected chi connectivity index (χ2v) is 11.1. The Hall–Kier alpha value is -1.18. The van der Waals surface area contributed by atoms with E-state index in [2.05, 4.69) is 53.7 Å². The first kappa shape index (κ1) is 19.2. The van der Waals surface area contributed by atoms with Gasteiger partial charge in [-0.3, -0.25) is 9.59 Å². The molecule has 3 fully saturated rings. The van der Waals surface area contributed by atoms with Crippen molar-refractivity contribution in [1.82, 2.24) is 0 Å². The maximum Gasteiger partial charge on any atom is 0.162 e. The second kappa shape index (κ2) is 5.91. The molecule has 3 saturated carbocycles. The smallest absolute Gasteiger partial charge is 0.162 e. The normalized spacial score (nSPS) is 45.6. The predicted octanol–water partition coefficient (Wildman–Crippen LogP) is 5.92. The Kier molecular flexibility index (Phi) is 4.19. The van der Waals surface area contributed by atoms with Gasteiger partial charge in [-0.15, -0.1) is 0 Å². The number of carbonyl (C=O) groups is 2. The maximum absolute atomic E-state index is 12.9. The second-order valence-electron chi connectivity index (χ2n) is 11.1. The van der Waals surface area contributed by atoms with Gasteiger partial charge in [0.25, 0.3) is 0 Å². The summed E-state index contributed by atoms with van der Waals surface area (Å²) in [7, 11) is 0. The van der Waals surface area contributed by atoms with Crippen LogP contribution >= 0.6 is 0 Å². The molecule has 0 bridgehead atoms. The fourth-order valence-corrected chi connectivity index (χ4v) is 7.21. The van der Waals surface area contributed by atoms with Crippen molar-refractivity contribution in [1.29, 1.82) is 0 Å². The molecule has 2 nitrogen and oxygen atoms in total. The summed E-state index contributed by atoms with van der Waals surface area (Å²) >= 11 is 0. The van der Waals surface area contributed by atoms with Crippen LogP contribution in [0.15, 0.2) is 23.3 Å². The predicted molar refractivity (Wildman–Crippen MR) is 109 cm³/mol. The summed E-state index contributed by atoms with van der Waals surface area (Å²) in [5.41, 5.74) is 2.56. The van der Waals surface area contributed by atoms with Gasteiger partial charge in [-0.25, -0.2) is 0 Å². The van der Waals surface area contributed by atoms with Crippen molar-refractivity contribution >= 4 is 11.6 Å². The lowest BCUT2D eigenvalue weighted by Crippen LogP contribution is -2.63. The van der Waals surface area contributed by atoms with E-state index in [0.29, 0.717) is 35.7 Å². The Labute approximate surface area is 164 Å². The Bertz CT molecular complexity index is 754. The van der Waals surface area contributed by atoms with E-state index in [4.69, 9.17) is 0 Å². The van der Waals surface area contributed by atoms with E-state index in [9.17, 15) is 9.59 Å². The number of carbonyl (C=O) groups excluding carboxylic acids is 2. The quantitative estimate of drug-likeness (QED) is 0.448. The molecule has 27 heavy (non-hydrogen) atoms. The highest BCUT2D eigenvalue weighted by Crippen LogP contribution is 2.67. The molecule has 0 spiro atoms. The molecular formula is C25H36O2. The molecule has 0 aromatic carbocycles. The molecule has 4 aliphatic rings. The van der Waals surface area contributed by atoms with E-state index in [1.165, 1.54) is 5.57 Å². The van der Waals surface area contributed by atoms with Crippen molar-refractivity contribution in [2.45, 2.75) is 80.1 Å². The summed E-state index contributed by atoms with van der Waals surface area (Å²) in [6, 6.07) is 0. The molecular weight excluding hydrogens is 332 g/mol. The number of hydrogen-bond donors (Lipinski definition) is 0. The lowest BCUT2D eigenvalue weighted by atomic mass is 9.39. The number of allylic oxidation sites excluding steroid dienone is 4. The SMILES string of the molecule is CCC(C)(C)/C=C1\CC2(C)C(=CCC3C2CCC2(C)C(=O)C(C)C32)CC1=O. The minimum absolute atomic E-state index is 0.0738. The van der Waals surface area contributed by atoms with Gasteiger partial charge in [-0.05, 0) is 66.3 Å². The number of fused-ring (bicyclic) bond motifs is 5. The van der Waals surface area contributed by atoms with Crippen molar-refractivity contribution < 1.29 is 9.59 Å². The molecule has 0 heterocycles.